The van der Waals surface area contributed by atoms with Gasteiger partial charge in [0.2, 0.25) is 0 Å². The quantitative estimate of drug-likeness (QED) is 0.719. The Bertz CT molecular complexity index is 250. The average Bonchev–Trinajstić information content (AvgIpc) is 2.74. The van der Waals surface area contributed by atoms with Crippen molar-refractivity contribution in [1.82, 2.24) is 0 Å². The summed E-state index contributed by atoms with van der Waals surface area (Å²) in [5, 5.41) is 11.8. The maximum Gasteiger partial charge on any atom is 0.0910 e. The smallest absolute Gasteiger partial charge is 0.0910 e. The topological polar surface area (TPSA) is 20.2 Å². The van der Waals surface area contributed by atoms with Gasteiger partial charge in [-0.05, 0) is 42.7 Å². The summed E-state index contributed by atoms with van der Waals surface area (Å²) in [5.74, 6) is 0.563. The number of aliphatic hydroxyl groups excluding tert-OH is 1. The maximum absolute atomic E-state index is 9.68. The Morgan fingerprint density at radius 2 is 2.36 bits per heavy atom. The van der Waals surface area contributed by atoms with E-state index in [9.17, 15) is 5.11 Å². The van der Waals surface area contributed by atoms with Gasteiger partial charge in [-0.25, -0.2) is 0 Å². The first kappa shape index (κ1) is 7.32. The molecule has 0 aromatic carbocycles. The van der Waals surface area contributed by atoms with E-state index in [1.807, 2.05) is 0 Å². The Morgan fingerprint density at radius 3 is 2.82 bits per heavy atom. The zero-order chi connectivity index (χ0) is 7.84. The minimum atomic E-state index is -0.173. The summed E-state index contributed by atoms with van der Waals surface area (Å²) >= 11 is 1.68. The van der Waals surface area contributed by atoms with Crippen LogP contribution in [0.1, 0.15) is 29.4 Å². The third kappa shape index (κ3) is 1.47. The Balaban J connectivity index is 2.14. The number of hydrogen-bond donors (Lipinski definition) is 1. The summed E-state index contributed by atoms with van der Waals surface area (Å²) in [5.41, 5.74) is 1.27. The standard InChI is InChI=1S/C9H12OS/c1-6-4-8(11-5-6)9(10)7-2-3-7/h4-5,7,9-10H,2-3H2,1H3. The molecule has 1 atom stereocenters. The molecule has 1 aromatic heterocycles. The maximum atomic E-state index is 9.68. The van der Waals surface area contributed by atoms with Crippen molar-refractivity contribution in [2.45, 2.75) is 25.9 Å². The summed E-state index contributed by atoms with van der Waals surface area (Å²) < 4.78 is 0. The van der Waals surface area contributed by atoms with E-state index in [0.29, 0.717) is 5.92 Å². The molecule has 0 aliphatic heterocycles. The zero-order valence-electron chi connectivity index (χ0n) is 6.58. The van der Waals surface area contributed by atoms with Crippen LogP contribution in [-0.2, 0) is 0 Å². The normalized spacial score (nSPS) is 20.2. The predicted molar refractivity (Wildman–Crippen MR) is 46.7 cm³/mol. The molecule has 1 fully saturated rings. The average molecular weight is 168 g/mol. The van der Waals surface area contributed by atoms with Gasteiger partial charge in [0.1, 0.15) is 0 Å². The van der Waals surface area contributed by atoms with Crippen molar-refractivity contribution in [3.63, 3.8) is 0 Å². The van der Waals surface area contributed by atoms with Crippen molar-refractivity contribution in [3.8, 4) is 0 Å². The lowest BCUT2D eigenvalue weighted by atomic mass is 10.2. The van der Waals surface area contributed by atoms with Gasteiger partial charge in [-0.15, -0.1) is 11.3 Å². The number of hydrogen-bond acceptors (Lipinski definition) is 2. The van der Waals surface area contributed by atoms with Crippen LogP contribution in [0.3, 0.4) is 0 Å². The van der Waals surface area contributed by atoms with E-state index in [2.05, 4.69) is 18.4 Å². The molecule has 1 heterocycles. The molecule has 1 N–H and O–H groups in total. The second-order valence-corrected chi connectivity index (χ2v) is 4.25. The summed E-state index contributed by atoms with van der Waals surface area (Å²) in [6.07, 6.45) is 2.24. The molecule has 0 spiro atoms. The molecule has 1 unspecified atom stereocenters. The Labute approximate surface area is 70.7 Å². The van der Waals surface area contributed by atoms with Crippen molar-refractivity contribution < 1.29 is 5.11 Å². The van der Waals surface area contributed by atoms with Gasteiger partial charge in [0.15, 0.2) is 0 Å². The van der Waals surface area contributed by atoms with Gasteiger partial charge >= 0.3 is 0 Å². The first-order valence-electron chi connectivity index (χ1n) is 4.00. The monoisotopic (exact) mass is 168 g/mol. The Morgan fingerprint density at radius 1 is 1.64 bits per heavy atom. The molecule has 0 radical (unpaired) electrons. The van der Waals surface area contributed by atoms with Crippen molar-refractivity contribution in [1.29, 1.82) is 0 Å². The summed E-state index contributed by atoms with van der Waals surface area (Å²) in [7, 11) is 0. The first-order valence-corrected chi connectivity index (χ1v) is 4.88. The van der Waals surface area contributed by atoms with Crippen LogP contribution in [-0.4, -0.2) is 5.11 Å². The van der Waals surface area contributed by atoms with E-state index in [-0.39, 0.29) is 6.10 Å². The van der Waals surface area contributed by atoms with Crippen LogP contribution in [0.2, 0.25) is 0 Å². The van der Waals surface area contributed by atoms with Crippen LogP contribution < -0.4 is 0 Å². The van der Waals surface area contributed by atoms with E-state index in [4.69, 9.17) is 0 Å². The molecule has 11 heavy (non-hydrogen) atoms. The van der Waals surface area contributed by atoms with Crippen LogP contribution in [0, 0.1) is 12.8 Å². The highest BCUT2D eigenvalue weighted by atomic mass is 32.1. The van der Waals surface area contributed by atoms with Crippen LogP contribution >= 0.6 is 11.3 Å². The van der Waals surface area contributed by atoms with Crippen molar-refractivity contribution in [3.05, 3.63) is 21.9 Å². The fourth-order valence-corrected chi connectivity index (χ4v) is 2.23. The molecule has 1 aromatic rings. The van der Waals surface area contributed by atoms with Gasteiger partial charge in [-0.2, -0.15) is 0 Å². The summed E-state index contributed by atoms with van der Waals surface area (Å²) in [6.45, 7) is 2.07. The van der Waals surface area contributed by atoms with Crippen LogP contribution in [0.25, 0.3) is 0 Å². The van der Waals surface area contributed by atoms with Crippen LogP contribution in [0.15, 0.2) is 11.4 Å². The van der Waals surface area contributed by atoms with Crippen LogP contribution in [0.4, 0.5) is 0 Å². The summed E-state index contributed by atoms with van der Waals surface area (Å²) in [4.78, 5) is 1.14. The molecule has 2 heteroatoms. The van der Waals surface area contributed by atoms with Gasteiger partial charge in [-0.3, -0.25) is 0 Å². The predicted octanol–water partition coefficient (Wildman–Crippen LogP) is 2.50. The second-order valence-electron chi connectivity index (χ2n) is 3.31. The molecule has 2 rings (SSSR count). The molecule has 1 aliphatic carbocycles. The molecule has 0 bridgehead atoms. The van der Waals surface area contributed by atoms with Crippen LogP contribution in [0.5, 0.6) is 0 Å². The SMILES string of the molecule is Cc1csc(C(O)C2CC2)c1. The lowest BCUT2D eigenvalue weighted by Crippen LogP contribution is -1.95. The fraction of sp³-hybridized carbons (Fsp3) is 0.556. The van der Waals surface area contributed by atoms with Gasteiger partial charge in [0.05, 0.1) is 6.10 Å². The first-order chi connectivity index (χ1) is 5.27. The van der Waals surface area contributed by atoms with E-state index in [1.165, 1.54) is 18.4 Å². The molecular weight excluding hydrogens is 156 g/mol. The largest absolute Gasteiger partial charge is 0.387 e. The number of aryl methyl sites for hydroxylation is 1. The molecule has 1 saturated carbocycles. The third-order valence-electron chi connectivity index (χ3n) is 2.11. The van der Waals surface area contributed by atoms with E-state index >= 15 is 0 Å². The minimum absolute atomic E-state index is 0.173. The molecule has 1 aliphatic rings. The van der Waals surface area contributed by atoms with E-state index in [1.54, 1.807) is 11.3 Å². The fourth-order valence-electron chi connectivity index (χ4n) is 1.25. The van der Waals surface area contributed by atoms with Gasteiger partial charge in [0.25, 0.3) is 0 Å². The van der Waals surface area contributed by atoms with Gasteiger partial charge in [-0.1, -0.05) is 0 Å². The lowest BCUT2D eigenvalue weighted by Gasteiger charge is -2.04. The second kappa shape index (κ2) is 2.61. The third-order valence-corrected chi connectivity index (χ3v) is 3.23. The number of rotatable bonds is 2. The molecule has 0 amide bonds. The van der Waals surface area contributed by atoms with E-state index in [0.717, 1.165) is 4.88 Å². The highest BCUT2D eigenvalue weighted by Crippen LogP contribution is 2.42. The van der Waals surface area contributed by atoms with E-state index < -0.39 is 0 Å². The number of aliphatic hydroxyl groups is 1. The van der Waals surface area contributed by atoms with Crippen molar-refractivity contribution in [2.24, 2.45) is 5.92 Å². The van der Waals surface area contributed by atoms with Gasteiger partial charge < -0.3 is 5.11 Å². The van der Waals surface area contributed by atoms with Crippen molar-refractivity contribution >= 4 is 11.3 Å². The van der Waals surface area contributed by atoms with Crippen molar-refractivity contribution in [2.75, 3.05) is 0 Å². The Kier molecular flexibility index (Phi) is 1.74. The highest BCUT2D eigenvalue weighted by Gasteiger charge is 2.31. The molecule has 1 nitrogen and oxygen atoms in total. The molecule has 0 saturated heterocycles. The minimum Gasteiger partial charge on any atom is -0.387 e. The van der Waals surface area contributed by atoms with Gasteiger partial charge in [0, 0.05) is 4.88 Å². The number of thiophene rings is 1. The highest BCUT2D eigenvalue weighted by molar-refractivity contribution is 7.10. The summed E-state index contributed by atoms with van der Waals surface area (Å²) in [6, 6.07) is 2.09. The lowest BCUT2D eigenvalue weighted by molar-refractivity contribution is 0.157. The Hall–Kier alpha value is -0.340. The molecular formula is C9H12OS. The molecule has 60 valence electrons. The zero-order valence-corrected chi connectivity index (χ0v) is 7.40.